The van der Waals surface area contributed by atoms with Crippen molar-refractivity contribution in [3.8, 4) is 11.3 Å². The van der Waals surface area contributed by atoms with E-state index in [4.69, 9.17) is 0 Å². The smallest absolute Gasteiger partial charge is 0.200 e. The summed E-state index contributed by atoms with van der Waals surface area (Å²) in [7, 11) is 2.20. The fourth-order valence-corrected chi connectivity index (χ4v) is 5.60. The normalized spacial score (nSPS) is 15.6. The SMILES string of the molecule is Cc1c(-c2c3ccc(CC4CCCC4)cc3cc[n+]2C)cc(C(C)(C)C)cc1C(C)(C)C. The predicted molar refractivity (Wildman–Crippen MR) is 138 cm³/mol. The molecule has 0 bridgehead atoms. The molecule has 0 atom stereocenters. The Morgan fingerprint density at radius 1 is 0.875 bits per heavy atom. The standard InChI is InChI=1S/C31H42N/c1-21-27(19-25(30(2,3)4)20-28(21)31(5,6)7)29-26-14-13-23(17-22-11-9-10-12-22)18-24(26)15-16-32(29)8/h13-16,18-20,22H,9-12,17H2,1-8H3/q+1. The number of hydrogen-bond acceptors (Lipinski definition) is 0. The molecule has 1 saturated carbocycles. The molecular formula is C31H42N+. The lowest BCUT2D eigenvalue weighted by molar-refractivity contribution is -0.659. The van der Waals surface area contributed by atoms with E-state index in [-0.39, 0.29) is 10.8 Å². The minimum atomic E-state index is 0.109. The molecule has 0 spiro atoms. The van der Waals surface area contributed by atoms with Gasteiger partial charge < -0.3 is 0 Å². The molecule has 32 heavy (non-hydrogen) atoms. The van der Waals surface area contributed by atoms with Gasteiger partial charge in [-0.1, -0.05) is 85.4 Å². The van der Waals surface area contributed by atoms with Crippen molar-refractivity contribution in [3.63, 3.8) is 0 Å². The van der Waals surface area contributed by atoms with E-state index < -0.39 is 0 Å². The van der Waals surface area contributed by atoms with Crippen LogP contribution in [0.2, 0.25) is 0 Å². The zero-order valence-corrected chi connectivity index (χ0v) is 21.6. The van der Waals surface area contributed by atoms with E-state index >= 15 is 0 Å². The monoisotopic (exact) mass is 428 g/mol. The highest BCUT2D eigenvalue weighted by Crippen LogP contribution is 2.38. The Labute approximate surface area is 195 Å². The van der Waals surface area contributed by atoms with Gasteiger partial charge in [0.1, 0.15) is 7.05 Å². The molecular weight excluding hydrogens is 386 g/mol. The Kier molecular flexibility index (Phi) is 5.99. The second-order valence-electron chi connectivity index (χ2n) is 12.2. The van der Waals surface area contributed by atoms with Gasteiger partial charge in [-0.05, 0) is 69.9 Å². The Balaban J connectivity index is 1.91. The highest BCUT2D eigenvalue weighted by Gasteiger charge is 2.27. The minimum absolute atomic E-state index is 0.109. The Morgan fingerprint density at radius 2 is 1.56 bits per heavy atom. The molecule has 1 heterocycles. The number of pyridine rings is 1. The minimum Gasteiger partial charge on any atom is -0.200 e. The van der Waals surface area contributed by atoms with Gasteiger partial charge in [-0.3, -0.25) is 0 Å². The average molecular weight is 429 g/mol. The first kappa shape index (κ1) is 23.0. The summed E-state index contributed by atoms with van der Waals surface area (Å²) in [6, 6.07) is 14.4. The number of fused-ring (bicyclic) bond motifs is 1. The molecule has 1 aliphatic carbocycles. The quantitative estimate of drug-likeness (QED) is 0.372. The van der Waals surface area contributed by atoms with E-state index in [1.165, 1.54) is 76.4 Å². The summed E-state index contributed by atoms with van der Waals surface area (Å²) in [5, 5.41) is 2.73. The van der Waals surface area contributed by atoms with Crippen LogP contribution in [0.3, 0.4) is 0 Å². The molecule has 1 nitrogen and oxygen atoms in total. The topological polar surface area (TPSA) is 3.88 Å². The van der Waals surface area contributed by atoms with E-state index in [9.17, 15) is 0 Å². The maximum atomic E-state index is 2.45. The van der Waals surface area contributed by atoms with Crippen LogP contribution in [-0.2, 0) is 24.3 Å². The molecule has 1 fully saturated rings. The Bertz CT molecular complexity index is 1130. The fourth-order valence-electron chi connectivity index (χ4n) is 5.60. The van der Waals surface area contributed by atoms with Crippen LogP contribution in [-0.4, -0.2) is 0 Å². The zero-order chi connectivity index (χ0) is 23.3. The number of benzene rings is 2. The van der Waals surface area contributed by atoms with Crippen LogP contribution in [0.5, 0.6) is 0 Å². The van der Waals surface area contributed by atoms with Gasteiger partial charge >= 0.3 is 0 Å². The van der Waals surface area contributed by atoms with E-state index in [1.54, 1.807) is 0 Å². The van der Waals surface area contributed by atoms with Crippen LogP contribution in [0.4, 0.5) is 0 Å². The summed E-state index contributed by atoms with van der Waals surface area (Å²) >= 11 is 0. The van der Waals surface area contributed by atoms with Crippen LogP contribution in [0.1, 0.15) is 89.5 Å². The second kappa shape index (κ2) is 8.32. The summed E-state index contributed by atoms with van der Waals surface area (Å²) in [5.74, 6) is 0.881. The third-order valence-corrected chi connectivity index (χ3v) is 7.54. The summed E-state index contributed by atoms with van der Waals surface area (Å²) in [6.45, 7) is 16.3. The largest absolute Gasteiger partial charge is 0.220 e. The maximum absolute atomic E-state index is 2.45. The molecule has 2 aromatic carbocycles. The first-order chi connectivity index (χ1) is 14.9. The number of aryl methyl sites for hydroxylation is 1. The third-order valence-electron chi connectivity index (χ3n) is 7.54. The molecule has 3 aromatic rings. The first-order valence-corrected chi connectivity index (χ1v) is 12.5. The molecule has 0 radical (unpaired) electrons. The van der Waals surface area contributed by atoms with Crippen LogP contribution >= 0.6 is 0 Å². The van der Waals surface area contributed by atoms with E-state index in [0.29, 0.717) is 0 Å². The van der Waals surface area contributed by atoms with Gasteiger partial charge in [-0.2, -0.15) is 0 Å². The van der Waals surface area contributed by atoms with Crippen LogP contribution in [0.15, 0.2) is 42.6 Å². The molecule has 4 rings (SSSR count). The maximum Gasteiger partial charge on any atom is 0.220 e. The summed E-state index contributed by atoms with van der Waals surface area (Å²) < 4.78 is 2.32. The Hall–Kier alpha value is -2.15. The van der Waals surface area contributed by atoms with Crippen LogP contribution in [0.25, 0.3) is 22.0 Å². The number of aromatic nitrogens is 1. The molecule has 1 aromatic heterocycles. The summed E-state index contributed by atoms with van der Waals surface area (Å²) in [5.41, 5.74) is 8.71. The second-order valence-corrected chi connectivity index (χ2v) is 12.2. The van der Waals surface area contributed by atoms with Crippen molar-refractivity contribution < 1.29 is 4.57 Å². The summed E-state index contributed by atoms with van der Waals surface area (Å²) in [6.07, 6.45) is 9.12. The summed E-state index contributed by atoms with van der Waals surface area (Å²) in [4.78, 5) is 0. The van der Waals surface area contributed by atoms with Gasteiger partial charge in [-0.25, -0.2) is 4.57 Å². The van der Waals surface area contributed by atoms with E-state index in [1.807, 2.05) is 0 Å². The van der Waals surface area contributed by atoms with Crippen molar-refractivity contribution in [1.29, 1.82) is 0 Å². The first-order valence-electron chi connectivity index (χ1n) is 12.5. The van der Waals surface area contributed by atoms with E-state index in [0.717, 1.165) is 5.92 Å². The molecule has 0 N–H and O–H groups in total. The van der Waals surface area contributed by atoms with Gasteiger partial charge in [0.05, 0.1) is 10.9 Å². The van der Waals surface area contributed by atoms with Crippen molar-refractivity contribution in [2.45, 2.75) is 91.4 Å². The van der Waals surface area contributed by atoms with Gasteiger partial charge in [0.2, 0.25) is 5.69 Å². The van der Waals surface area contributed by atoms with Crippen molar-refractivity contribution in [2.75, 3.05) is 0 Å². The lowest BCUT2D eigenvalue weighted by Gasteiger charge is -2.28. The highest BCUT2D eigenvalue weighted by molar-refractivity contribution is 5.94. The van der Waals surface area contributed by atoms with Crippen molar-refractivity contribution >= 4 is 10.8 Å². The number of nitrogens with zero attached hydrogens (tertiary/aromatic N) is 1. The van der Waals surface area contributed by atoms with Gasteiger partial charge in [0, 0.05) is 6.07 Å². The van der Waals surface area contributed by atoms with Gasteiger partial charge in [0.15, 0.2) is 6.20 Å². The van der Waals surface area contributed by atoms with Crippen LogP contribution < -0.4 is 4.57 Å². The number of hydrogen-bond donors (Lipinski definition) is 0. The lowest BCUT2D eigenvalue weighted by Crippen LogP contribution is -2.31. The third kappa shape index (κ3) is 4.49. The molecule has 0 saturated heterocycles. The van der Waals surface area contributed by atoms with Gasteiger partial charge in [-0.15, -0.1) is 0 Å². The van der Waals surface area contributed by atoms with Crippen molar-refractivity contribution in [3.05, 3.63) is 64.8 Å². The van der Waals surface area contributed by atoms with Crippen LogP contribution in [0, 0.1) is 12.8 Å². The molecule has 0 unspecified atom stereocenters. The number of rotatable bonds is 3. The molecule has 0 aliphatic heterocycles. The lowest BCUT2D eigenvalue weighted by atomic mass is 9.76. The van der Waals surface area contributed by atoms with Crippen molar-refractivity contribution in [1.82, 2.24) is 0 Å². The van der Waals surface area contributed by atoms with Gasteiger partial charge in [0.25, 0.3) is 0 Å². The fraction of sp³-hybridized carbons (Fsp3) is 0.516. The van der Waals surface area contributed by atoms with Crippen molar-refractivity contribution in [2.24, 2.45) is 13.0 Å². The zero-order valence-electron chi connectivity index (χ0n) is 21.6. The van der Waals surface area contributed by atoms with E-state index in [2.05, 4.69) is 103 Å². The highest BCUT2D eigenvalue weighted by atomic mass is 14.9. The molecule has 0 amide bonds. The molecule has 170 valence electrons. The molecule has 1 heteroatoms. The average Bonchev–Trinajstić information content (AvgIpc) is 3.20. The predicted octanol–water partition coefficient (Wildman–Crippen LogP) is 7.97. The molecule has 1 aliphatic rings. The Morgan fingerprint density at radius 3 is 2.19 bits per heavy atom.